The maximum absolute atomic E-state index is 13.4. The average molecular weight is 626 g/mol. The van der Waals surface area contributed by atoms with Crippen LogP contribution in [-0.2, 0) is 37.3 Å². The van der Waals surface area contributed by atoms with Crippen molar-refractivity contribution in [1.29, 1.82) is 0 Å². The molecule has 12 heteroatoms. The van der Waals surface area contributed by atoms with E-state index in [1.165, 1.54) is 33.5 Å². The molecule has 1 atom stereocenters. The van der Waals surface area contributed by atoms with Crippen LogP contribution in [0.25, 0.3) is 0 Å². The van der Waals surface area contributed by atoms with Gasteiger partial charge in [0.15, 0.2) is 6.61 Å². The van der Waals surface area contributed by atoms with Gasteiger partial charge in [-0.25, -0.2) is 8.42 Å². The number of benzene rings is 3. The van der Waals surface area contributed by atoms with Crippen LogP contribution in [0.15, 0.2) is 77.7 Å². The number of nitrogens with one attached hydrogen (secondary N) is 1. The largest absolute Gasteiger partial charge is 0.497 e. The first-order chi connectivity index (χ1) is 21.2. The van der Waals surface area contributed by atoms with E-state index in [0.29, 0.717) is 50.8 Å². The summed E-state index contributed by atoms with van der Waals surface area (Å²) in [5, 5.41) is 2.93. The van der Waals surface area contributed by atoms with Gasteiger partial charge in [0.2, 0.25) is 15.9 Å². The summed E-state index contributed by atoms with van der Waals surface area (Å²) >= 11 is 0. The Kier molecular flexibility index (Phi) is 11.6. The summed E-state index contributed by atoms with van der Waals surface area (Å²) in [7, 11) is -0.467. The third-order valence-electron chi connectivity index (χ3n) is 7.35. The van der Waals surface area contributed by atoms with Gasteiger partial charge in [-0.05, 0) is 73.0 Å². The molecule has 0 bridgehead atoms. The van der Waals surface area contributed by atoms with Crippen LogP contribution in [0.2, 0.25) is 0 Å². The van der Waals surface area contributed by atoms with Crippen LogP contribution < -0.4 is 19.5 Å². The first-order valence-corrected chi connectivity index (χ1v) is 15.8. The second kappa shape index (κ2) is 15.6. The normalized spacial score (nSPS) is 14.3. The van der Waals surface area contributed by atoms with Gasteiger partial charge >= 0.3 is 0 Å². The highest BCUT2D eigenvalue weighted by molar-refractivity contribution is 7.89. The van der Waals surface area contributed by atoms with Gasteiger partial charge in [0.25, 0.3) is 5.91 Å². The number of hydrogen-bond acceptors (Lipinski definition) is 8. The highest BCUT2D eigenvalue weighted by Gasteiger charge is 2.28. The van der Waals surface area contributed by atoms with E-state index in [9.17, 15) is 18.0 Å². The lowest BCUT2D eigenvalue weighted by molar-refractivity contribution is -0.142. The Bertz CT molecular complexity index is 1470. The fourth-order valence-corrected chi connectivity index (χ4v) is 6.06. The van der Waals surface area contributed by atoms with Crippen molar-refractivity contribution in [3.8, 4) is 17.2 Å². The molecule has 0 radical (unpaired) electrons. The number of sulfonamides is 1. The number of methoxy groups -OCH3 is 2. The Morgan fingerprint density at radius 3 is 1.98 bits per heavy atom. The zero-order valence-electron chi connectivity index (χ0n) is 25.2. The molecule has 1 saturated heterocycles. The van der Waals surface area contributed by atoms with E-state index >= 15 is 0 Å². The second-order valence-corrected chi connectivity index (χ2v) is 12.1. The Morgan fingerprint density at radius 1 is 0.864 bits per heavy atom. The van der Waals surface area contributed by atoms with Gasteiger partial charge in [-0.3, -0.25) is 9.59 Å². The minimum Gasteiger partial charge on any atom is -0.497 e. The van der Waals surface area contributed by atoms with Crippen LogP contribution in [0, 0.1) is 0 Å². The smallest absolute Gasteiger partial charge is 0.261 e. The highest BCUT2D eigenvalue weighted by atomic mass is 32.2. The maximum Gasteiger partial charge on any atom is 0.261 e. The lowest BCUT2D eigenvalue weighted by Gasteiger charge is -2.29. The molecule has 2 amide bonds. The third kappa shape index (κ3) is 8.71. The monoisotopic (exact) mass is 625 g/mol. The van der Waals surface area contributed by atoms with Crippen LogP contribution in [0.1, 0.15) is 18.1 Å². The number of morpholine rings is 1. The molecule has 0 aliphatic carbocycles. The van der Waals surface area contributed by atoms with Crippen molar-refractivity contribution < 1.29 is 37.0 Å². The maximum atomic E-state index is 13.4. The van der Waals surface area contributed by atoms with E-state index in [4.69, 9.17) is 18.9 Å². The quantitative estimate of drug-likeness (QED) is 0.290. The van der Waals surface area contributed by atoms with Gasteiger partial charge in [0.05, 0.1) is 32.3 Å². The predicted octanol–water partition coefficient (Wildman–Crippen LogP) is 2.88. The predicted molar refractivity (Wildman–Crippen MR) is 164 cm³/mol. The molecule has 1 fully saturated rings. The van der Waals surface area contributed by atoms with Gasteiger partial charge < -0.3 is 29.2 Å². The summed E-state index contributed by atoms with van der Waals surface area (Å²) in [5.41, 5.74) is 1.86. The SMILES string of the molecule is COc1ccc(CCNC(=O)[C@@H](C)N(Cc2ccc(OC)cc2)C(=O)COc2ccc(S(=O)(=O)N3CCOCC3)cc2)cc1. The van der Waals surface area contributed by atoms with Gasteiger partial charge in [0.1, 0.15) is 23.3 Å². The molecular formula is C32H39N3O8S. The molecule has 3 aromatic rings. The van der Waals surface area contributed by atoms with Crippen molar-refractivity contribution in [2.75, 3.05) is 53.7 Å². The number of nitrogens with zero attached hydrogens (tertiary/aromatic N) is 2. The Balaban J connectivity index is 1.39. The van der Waals surface area contributed by atoms with Crippen molar-refractivity contribution in [3.05, 3.63) is 83.9 Å². The van der Waals surface area contributed by atoms with Crippen LogP contribution in [0.3, 0.4) is 0 Å². The lowest BCUT2D eigenvalue weighted by Crippen LogP contribution is -2.49. The summed E-state index contributed by atoms with van der Waals surface area (Å²) in [5.74, 6) is 1.08. The summed E-state index contributed by atoms with van der Waals surface area (Å²) in [4.78, 5) is 28.2. The summed E-state index contributed by atoms with van der Waals surface area (Å²) in [6, 6.07) is 20.0. The fraction of sp³-hybridized carbons (Fsp3) is 0.375. The van der Waals surface area contributed by atoms with Gasteiger partial charge in [0, 0.05) is 26.2 Å². The fourth-order valence-electron chi connectivity index (χ4n) is 4.65. The summed E-state index contributed by atoms with van der Waals surface area (Å²) < 4.78 is 48.6. The van der Waals surface area contributed by atoms with Crippen LogP contribution >= 0.6 is 0 Å². The van der Waals surface area contributed by atoms with E-state index in [2.05, 4.69) is 5.32 Å². The molecule has 3 aromatic carbocycles. The average Bonchev–Trinajstić information content (AvgIpc) is 3.07. The number of ether oxygens (including phenoxy) is 4. The van der Waals surface area contributed by atoms with Gasteiger partial charge in [-0.15, -0.1) is 0 Å². The van der Waals surface area contributed by atoms with E-state index in [-0.39, 0.29) is 24.0 Å². The Labute approximate surface area is 258 Å². The number of carbonyl (C=O) groups excluding carboxylic acids is 2. The number of carbonyl (C=O) groups is 2. The first kappa shape index (κ1) is 32.8. The van der Waals surface area contributed by atoms with E-state index in [0.717, 1.165) is 16.9 Å². The third-order valence-corrected chi connectivity index (χ3v) is 9.26. The standard InChI is InChI=1S/C32H39N3O8S/c1-24(32(37)33-17-16-25-4-8-27(40-2)9-5-25)35(22-26-6-10-28(41-3)11-7-26)31(36)23-43-29-12-14-30(15-13-29)44(38,39)34-18-20-42-21-19-34/h4-15,24H,16-23H2,1-3H3,(H,33,37)/t24-/m1/s1. The van der Waals surface area contributed by atoms with E-state index in [1.807, 2.05) is 36.4 Å². The molecule has 0 spiro atoms. The lowest BCUT2D eigenvalue weighted by atomic mass is 10.1. The summed E-state index contributed by atoms with van der Waals surface area (Å²) in [6.45, 7) is 3.22. The van der Waals surface area contributed by atoms with Crippen LogP contribution in [0.4, 0.5) is 0 Å². The Hall–Kier alpha value is -4.13. The number of amides is 2. The van der Waals surface area contributed by atoms with Crippen molar-refractivity contribution in [2.45, 2.75) is 30.8 Å². The van der Waals surface area contributed by atoms with Crippen molar-refractivity contribution in [3.63, 3.8) is 0 Å². The molecule has 4 rings (SSSR count). The summed E-state index contributed by atoms with van der Waals surface area (Å²) in [6.07, 6.45) is 0.620. The van der Waals surface area contributed by atoms with Crippen LogP contribution in [-0.4, -0.2) is 89.2 Å². The minimum atomic E-state index is -3.65. The van der Waals surface area contributed by atoms with Crippen LogP contribution in [0.5, 0.6) is 17.2 Å². The molecule has 1 aliphatic rings. The molecule has 1 heterocycles. The van der Waals surface area contributed by atoms with Gasteiger partial charge in [-0.1, -0.05) is 24.3 Å². The highest BCUT2D eigenvalue weighted by Crippen LogP contribution is 2.21. The van der Waals surface area contributed by atoms with E-state index < -0.39 is 22.0 Å². The van der Waals surface area contributed by atoms with E-state index in [1.54, 1.807) is 33.3 Å². The zero-order chi connectivity index (χ0) is 31.5. The molecule has 0 aromatic heterocycles. The van der Waals surface area contributed by atoms with Crippen molar-refractivity contribution >= 4 is 21.8 Å². The topological polar surface area (TPSA) is 124 Å². The number of hydrogen-bond donors (Lipinski definition) is 1. The zero-order valence-corrected chi connectivity index (χ0v) is 26.0. The molecule has 11 nitrogen and oxygen atoms in total. The molecule has 1 N–H and O–H groups in total. The second-order valence-electron chi connectivity index (χ2n) is 10.2. The molecule has 44 heavy (non-hydrogen) atoms. The molecule has 0 unspecified atom stereocenters. The first-order valence-electron chi connectivity index (χ1n) is 14.3. The molecular weight excluding hydrogens is 586 g/mol. The van der Waals surface area contributed by atoms with Gasteiger partial charge in [-0.2, -0.15) is 4.31 Å². The molecule has 0 saturated carbocycles. The molecule has 1 aliphatic heterocycles. The molecule has 236 valence electrons. The minimum absolute atomic E-state index is 0.138. The number of rotatable bonds is 14. The van der Waals surface area contributed by atoms with Crippen molar-refractivity contribution in [2.24, 2.45) is 0 Å². The Morgan fingerprint density at radius 2 is 1.41 bits per heavy atom. The van der Waals surface area contributed by atoms with Crippen molar-refractivity contribution in [1.82, 2.24) is 14.5 Å².